The second-order valence-corrected chi connectivity index (χ2v) is 4.77. The van der Waals surface area contributed by atoms with Gasteiger partial charge in [-0.05, 0) is 18.2 Å². The summed E-state index contributed by atoms with van der Waals surface area (Å²) >= 11 is 6.38. The number of rotatable bonds is 4. The van der Waals surface area contributed by atoms with Gasteiger partial charge in [0.05, 0.1) is 14.2 Å². The molecule has 2 rings (SSSR count). The summed E-state index contributed by atoms with van der Waals surface area (Å²) in [6.45, 7) is 0. The van der Waals surface area contributed by atoms with Gasteiger partial charge in [-0.3, -0.25) is 0 Å². The lowest BCUT2D eigenvalue weighted by atomic mass is 10.2. The lowest BCUT2D eigenvalue weighted by Crippen LogP contribution is -2.09. The fourth-order valence-electron chi connectivity index (χ4n) is 1.49. The van der Waals surface area contributed by atoms with Gasteiger partial charge >= 0.3 is 0 Å². The maximum atomic E-state index is 5.54. The largest absolute Gasteiger partial charge is 0.493 e. The second-order valence-electron chi connectivity index (χ2n) is 3.47. The normalized spacial score (nSPS) is 10.1. The number of ether oxygens (including phenoxy) is 2. The first kappa shape index (κ1) is 12.8. The van der Waals surface area contributed by atoms with Crippen molar-refractivity contribution < 1.29 is 9.47 Å². The number of hydrogen-bond acceptors (Lipinski definition) is 5. The van der Waals surface area contributed by atoms with E-state index in [0.29, 0.717) is 22.2 Å². The maximum Gasteiger partial charge on any atom is 0.161 e. The third-order valence-electron chi connectivity index (χ3n) is 2.39. The van der Waals surface area contributed by atoms with E-state index in [2.05, 4.69) is 4.98 Å². The van der Waals surface area contributed by atoms with Gasteiger partial charge in [0.1, 0.15) is 15.7 Å². The van der Waals surface area contributed by atoms with Crippen LogP contribution in [0.2, 0.25) is 0 Å². The van der Waals surface area contributed by atoms with Crippen molar-refractivity contribution in [3.63, 3.8) is 0 Å². The highest BCUT2D eigenvalue weighted by atomic mass is 32.1. The monoisotopic (exact) mass is 280 g/mol. The van der Waals surface area contributed by atoms with Gasteiger partial charge < -0.3 is 15.2 Å². The quantitative estimate of drug-likeness (QED) is 0.872. The molecule has 6 heteroatoms. The Labute approximate surface area is 114 Å². The SMILES string of the molecule is COc1ccc(-c2nc(C(N)=S)cs2)cc1OC. The van der Waals surface area contributed by atoms with E-state index < -0.39 is 0 Å². The van der Waals surface area contributed by atoms with Gasteiger partial charge in [-0.1, -0.05) is 12.2 Å². The van der Waals surface area contributed by atoms with E-state index in [1.165, 1.54) is 11.3 Å². The summed E-state index contributed by atoms with van der Waals surface area (Å²) < 4.78 is 10.4. The molecule has 0 aliphatic rings. The summed E-state index contributed by atoms with van der Waals surface area (Å²) in [5.74, 6) is 1.36. The molecular formula is C12H12N2O2S2. The van der Waals surface area contributed by atoms with Crippen LogP contribution in [-0.4, -0.2) is 24.2 Å². The van der Waals surface area contributed by atoms with Crippen molar-refractivity contribution >= 4 is 28.5 Å². The van der Waals surface area contributed by atoms with E-state index in [1.54, 1.807) is 14.2 Å². The Bertz CT molecular complexity index is 581. The van der Waals surface area contributed by atoms with Gasteiger partial charge in [0.15, 0.2) is 11.5 Å². The molecule has 0 bridgehead atoms. The Hall–Kier alpha value is -1.66. The molecule has 0 atom stereocenters. The summed E-state index contributed by atoms with van der Waals surface area (Å²) in [6.07, 6.45) is 0. The van der Waals surface area contributed by atoms with Gasteiger partial charge in [-0.15, -0.1) is 11.3 Å². The fraction of sp³-hybridized carbons (Fsp3) is 0.167. The van der Waals surface area contributed by atoms with Crippen LogP contribution in [0.3, 0.4) is 0 Å². The van der Waals surface area contributed by atoms with E-state index in [4.69, 9.17) is 27.4 Å². The van der Waals surface area contributed by atoms with Crippen molar-refractivity contribution in [2.75, 3.05) is 14.2 Å². The standard InChI is InChI=1S/C12H12N2O2S2/c1-15-9-4-3-7(5-10(9)16-2)12-14-8(6-18-12)11(13)17/h3-6H,1-2H3,(H2,13,17). The van der Waals surface area contributed by atoms with Crippen molar-refractivity contribution in [2.24, 2.45) is 5.73 Å². The predicted octanol–water partition coefficient (Wildman–Crippen LogP) is 2.46. The van der Waals surface area contributed by atoms with Crippen LogP contribution in [0, 0.1) is 0 Å². The molecule has 94 valence electrons. The molecule has 1 aromatic heterocycles. The van der Waals surface area contributed by atoms with E-state index in [1.807, 2.05) is 23.6 Å². The van der Waals surface area contributed by atoms with Crippen molar-refractivity contribution in [3.8, 4) is 22.1 Å². The molecule has 2 aromatic rings. The highest BCUT2D eigenvalue weighted by Gasteiger charge is 2.10. The molecule has 0 saturated heterocycles. The van der Waals surface area contributed by atoms with Crippen molar-refractivity contribution in [1.29, 1.82) is 0 Å². The van der Waals surface area contributed by atoms with Gasteiger partial charge in [-0.2, -0.15) is 0 Å². The minimum atomic E-state index is 0.304. The van der Waals surface area contributed by atoms with Gasteiger partial charge in [0, 0.05) is 10.9 Å². The van der Waals surface area contributed by atoms with Crippen LogP contribution in [-0.2, 0) is 0 Å². The number of nitrogens with two attached hydrogens (primary N) is 1. The van der Waals surface area contributed by atoms with Crippen molar-refractivity contribution in [3.05, 3.63) is 29.3 Å². The van der Waals surface area contributed by atoms with Crippen LogP contribution >= 0.6 is 23.6 Å². The van der Waals surface area contributed by atoms with Crippen LogP contribution in [0.4, 0.5) is 0 Å². The van der Waals surface area contributed by atoms with Crippen molar-refractivity contribution in [1.82, 2.24) is 4.98 Å². The molecule has 0 spiro atoms. The Morgan fingerprint density at radius 3 is 2.56 bits per heavy atom. The van der Waals surface area contributed by atoms with Gasteiger partial charge in [0.25, 0.3) is 0 Å². The molecule has 0 fully saturated rings. The average molecular weight is 280 g/mol. The zero-order valence-electron chi connectivity index (χ0n) is 9.97. The third kappa shape index (κ3) is 2.44. The van der Waals surface area contributed by atoms with Crippen LogP contribution < -0.4 is 15.2 Å². The third-order valence-corrected chi connectivity index (χ3v) is 3.49. The molecule has 0 unspecified atom stereocenters. The Balaban J connectivity index is 2.41. The van der Waals surface area contributed by atoms with E-state index >= 15 is 0 Å². The smallest absolute Gasteiger partial charge is 0.161 e. The highest BCUT2D eigenvalue weighted by Crippen LogP contribution is 2.33. The van der Waals surface area contributed by atoms with E-state index in [9.17, 15) is 0 Å². The first-order valence-electron chi connectivity index (χ1n) is 5.13. The number of benzene rings is 1. The molecule has 0 radical (unpaired) electrons. The summed E-state index contributed by atoms with van der Waals surface area (Å²) in [4.78, 5) is 4.67. The first-order chi connectivity index (χ1) is 8.65. The fourth-order valence-corrected chi connectivity index (χ4v) is 2.48. The van der Waals surface area contributed by atoms with Crippen LogP contribution in [0.15, 0.2) is 23.6 Å². The Morgan fingerprint density at radius 1 is 1.28 bits per heavy atom. The molecule has 0 amide bonds. The number of methoxy groups -OCH3 is 2. The minimum Gasteiger partial charge on any atom is -0.493 e. The number of nitrogens with zero attached hydrogens (tertiary/aromatic N) is 1. The second kappa shape index (κ2) is 5.32. The summed E-state index contributed by atoms with van der Waals surface area (Å²) in [7, 11) is 3.20. The summed E-state index contributed by atoms with van der Waals surface area (Å²) in [5.41, 5.74) is 7.12. The molecule has 0 saturated carbocycles. The predicted molar refractivity (Wildman–Crippen MR) is 76.5 cm³/mol. The van der Waals surface area contributed by atoms with Crippen LogP contribution in [0.1, 0.15) is 5.69 Å². The lowest BCUT2D eigenvalue weighted by molar-refractivity contribution is 0.355. The van der Waals surface area contributed by atoms with E-state index in [0.717, 1.165) is 10.6 Å². The summed E-state index contributed by atoms with van der Waals surface area (Å²) in [5, 5.41) is 2.69. The topological polar surface area (TPSA) is 57.4 Å². The number of thiazole rings is 1. The molecule has 0 aliphatic heterocycles. The number of aromatic nitrogens is 1. The molecule has 1 aromatic carbocycles. The molecule has 2 N–H and O–H groups in total. The average Bonchev–Trinajstić information content (AvgIpc) is 2.87. The van der Waals surface area contributed by atoms with Crippen molar-refractivity contribution in [2.45, 2.75) is 0 Å². The molecule has 1 heterocycles. The number of hydrogen-bond donors (Lipinski definition) is 1. The zero-order valence-corrected chi connectivity index (χ0v) is 11.6. The molecular weight excluding hydrogens is 268 g/mol. The maximum absolute atomic E-state index is 5.54. The lowest BCUT2D eigenvalue weighted by Gasteiger charge is -2.08. The van der Waals surface area contributed by atoms with Crippen LogP contribution in [0.25, 0.3) is 10.6 Å². The highest BCUT2D eigenvalue weighted by molar-refractivity contribution is 7.80. The molecule has 0 aliphatic carbocycles. The van der Waals surface area contributed by atoms with Gasteiger partial charge in [0.2, 0.25) is 0 Å². The Morgan fingerprint density at radius 2 is 2.00 bits per heavy atom. The van der Waals surface area contributed by atoms with Gasteiger partial charge in [-0.25, -0.2) is 4.98 Å². The molecule has 4 nitrogen and oxygen atoms in total. The Kier molecular flexibility index (Phi) is 3.78. The zero-order chi connectivity index (χ0) is 13.1. The minimum absolute atomic E-state index is 0.304. The van der Waals surface area contributed by atoms with E-state index in [-0.39, 0.29) is 0 Å². The number of thiocarbonyl (C=S) groups is 1. The van der Waals surface area contributed by atoms with Crippen LogP contribution in [0.5, 0.6) is 11.5 Å². The summed E-state index contributed by atoms with van der Waals surface area (Å²) in [6, 6.07) is 5.64. The molecule has 18 heavy (non-hydrogen) atoms. The first-order valence-corrected chi connectivity index (χ1v) is 6.42.